The maximum absolute atomic E-state index is 12.6. The molecule has 2 aliphatic rings. The molecule has 0 radical (unpaired) electrons. The van der Waals surface area contributed by atoms with Crippen molar-refractivity contribution >= 4 is 17.2 Å². The summed E-state index contributed by atoms with van der Waals surface area (Å²) in [5.74, 6) is 0.161. The highest BCUT2D eigenvalue weighted by Gasteiger charge is 2.26. The van der Waals surface area contributed by atoms with Crippen LogP contribution in [0.3, 0.4) is 0 Å². The molecule has 1 unspecified atom stereocenters. The van der Waals surface area contributed by atoms with E-state index in [-0.39, 0.29) is 11.8 Å². The number of fused-ring (bicyclic) bond motifs is 1. The molecule has 0 saturated carbocycles. The first-order valence-corrected chi connectivity index (χ1v) is 8.40. The SMILES string of the molecule is N#CC1CCCN(C(=O)c2cc3c(s2)CCCCC3)C1. The molecule has 0 aromatic carbocycles. The summed E-state index contributed by atoms with van der Waals surface area (Å²) in [6, 6.07) is 4.42. The number of carbonyl (C=O) groups is 1. The highest BCUT2D eigenvalue weighted by molar-refractivity contribution is 7.14. The van der Waals surface area contributed by atoms with Gasteiger partial charge in [0.15, 0.2) is 0 Å². The summed E-state index contributed by atoms with van der Waals surface area (Å²) in [4.78, 5) is 16.8. The van der Waals surface area contributed by atoms with Crippen LogP contribution >= 0.6 is 11.3 Å². The first kappa shape index (κ1) is 13.6. The van der Waals surface area contributed by atoms with E-state index < -0.39 is 0 Å². The summed E-state index contributed by atoms with van der Waals surface area (Å²) in [5.41, 5.74) is 1.39. The van der Waals surface area contributed by atoms with Crippen molar-refractivity contribution in [2.45, 2.75) is 44.9 Å². The lowest BCUT2D eigenvalue weighted by atomic mass is 9.99. The fraction of sp³-hybridized carbons (Fsp3) is 0.625. The van der Waals surface area contributed by atoms with Gasteiger partial charge in [-0.25, -0.2) is 0 Å². The molecule has 1 fully saturated rings. The van der Waals surface area contributed by atoms with Crippen LogP contribution in [0.15, 0.2) is 6.07 Å². The number of hydrogen-bond donors (Lipinski definition) is 0. The van der Waals surface area contributed by atoms with Gasteiger partial charge in [-0.05, 0) is 50.2 Å². The van der Waals surface area contributed by atoms with E-state index >= 15 is 0 Å². The fourth-order valence-corrected chi connectivity index (χ4v) is 4.42. The van der Waals surface area contributed by atoms with Gasteiger partial charge in [-0.3, -0.25) is 4.79 Å². The Morgan fingerprint density at radius 3 is 3.00 bits per heavy atom. The highest BCUT2D eigenvalue weighted by atomic mass is 32.1. The maximum atomic E-state index is 12.6. The molecule has 0 N–H and O–H groups in total. The summed E-state index contributed by atoms with van der Waals surface area (Å²) >= 11 is 1.69. The Labute approximate surface area is 124 Å². The zero-order chi connectivity index (χ0) is 13.9. The Kier molecular flexibility index (Phi) is 4.07. The number of likely N-dealkylation sites (tertiary alicyclic amines) is 1. The van der Waals surface area contributed by atoms with Gasteiger partial charge in [0.05, 0.1) is 16.9 Å². The minimum absolute atomic E-state index is 0.0190. The van der Waals surface area contributed by atoms with Crippen LogP contribution < -0.4 is 0 Å². The average Bonchev–Trinajstić information content (AvgIpc) is 2.77. The predicted octanol–water partition coefficient (Wildman–Crippen LogP) is 3.39. The van der Waals surface area contributed by atoms with Crippen molar-refractivity contribution in [1.82, 2.24) is 4.90 Å². The smallest absolute Gasteiger partial charge is 0.263 e. The van der Waals surface area contributed by atoms with E-state index in [1.54, 1.807) is 11.3 Å². The largest absolute Gasteiger partial charge is 0.337 e. The third-order valence-electron chi connectivity index (χ3n) is 4.35. The van der Waals surface area contributed by atoms with Crippen LogP contribution in [-0.4, -0.2) is 23.9 Å². The molecule has 106 valence electrons. The Hall–Kier alpha value is -1.34. The number of rotatable bonds is 1. The minimum atomic E-state index is 0.0190. The standard InChI is InChI=1S/C16H20N2OS/c17-10-12-5-4-8-18(11-12)16(19)15-9-13-6-2-1-3-7-14(13)20-15/h9,12H,1-8,11H2. The van der Waals surface area contributed by atoms with Crippen molar-refractivity contribution in [2.24, 2.45) is 5.92 Å². The summed E-state index contributed by atoms with van der Waals surface area (Å²) < 4.78 is 0. The molecule has 3 nitrogen and oxygen atoms in total. The topological polar surface area (TPSA) is 44.1 Å². The molecule has 1 aliphatic heterocycles. The maximum Gasteiger partial charge on any atom is 0.263 e. The fourth-order valence-electron chi connectivity index (χ4n) is 3.20. The summed E-state index contributed by atoms with van der Waals surface area (Å²) in [6.45, 7) is 1.41. The van der Waals surface area contributed by atoms with Crippen LogP contribution in [0, 0.1) is 17.2 Å². The quantitative estimate of drug-likeness (QED) is 0.743. The van der Waals surface area contributed by atoms with E-state index in [0.29, 0.717) is 6.54 Å². The third-order valence-corrected chi connectivity index (χ3v) is 5.57. The van der Waals surface area contributed by atoms with Gasteiger partial charge in [-0.2, -0.15) is 5.26 Å². The number of aryl methyl sites for hydroxylation is 2. The minimum Gasteiger partial charge on any atom is -0.337 e. The second kappa shape index (κ2) is 5.97. The third kappa shape index (κ3) is 2.73. The Bertz CT molecular complexity index is 520. The highest BCUT2D eigenvalue weighted by Crippen LogP contribution is 2.30. The molecular formula is C16H20N2OS. The lowest BCUT2D eigenvalue weighted by molar-refractivity contribution is 0.0703. The molecule has 1 aromatic heterocycles. The number of amides is 1. The molecule has 1 saturated heterocycles. The predicted molar refractivity (Wildman–Crippen MR) is 79.8 cm³/mol. The van der Waals surface area contributed by atoms with Gasteiger partial charge in [-0.15, -0.1) is 11.3 Å². The molecule has 3 rings (SSSR count). The van der Waals surface area contributed by atoms with E-state index in [2.05, 4.69) is 12.1 Å². The summed E-state index contributed by atoms with van der Waals surface area (Å²) in [5, 5.41) is 9.04. The van der Waals surface area contributed by atoms with Crippen molar-refractivity contribution in [3.8, 4) is 6.07 Å². The lowest BCUT2D eigenvalue weighted by Gasteiger charge is -2.29. The van der Waals surface area contributed by atoms with Gasteiger partial charge in [0.2, 0.25) is 0 Å². The molecule has 2 heterocycles. The Morgan fingerprint density at radius 1 is 1.30 bits per heavy atom. The van der Waals surface area contributed by atoms with E-state index in [9.17, 15) is 4.79 Å². The van der Waals surface area contributed by atoms with Gasteiger partial charge in [0.1, 0.15) is 0 Å². The van der Waals surface area contributed by atoms with Crippen molar-refractivity contribution < 1.29 is 4.79 Å². The molecule has 1 amide bonds. The van der Waals surface area contributed by atoms with E-state index in [4.69, 9.17) is 5.26 Å². The summed E-state index contributed by atoms with van der Waals surface area (Å²) in [7, 11) is 0. The lowest BCUT2D eigenvalue weighted by Crippen LogP contribution is -2.39. The zero-order valence-corrected chi connectivity index (χ0v) is 12.5. The molecule has 1 aromatic rings. The van der Waals surface area contributed by atoms with Crippen molar-refractivity contribution in [3.63, 3.8) is 0 Å². The van der Waals surface area contributed by atoms with Crippen LogP contribution in [0.1, 0.15) is 52.2 Å². The molecule has 20 heavy (non-hydrogen) atoms. The second-order valence-electron chi connectivity index (χ2n) is 5.84. The van der Waals surface area contributed by atoms with Gasteiger partial charge in [0, 0.05) is 18.0 Å². The van der Waals surface area contributed by atoms with Crippen LogP contribution in [0.2, 0.25) is 0 Å². The first-order chi connectivity index (χ1) is 9.78. The van der Waals surface area contributed by atoms with E-state index in [1.807, 2.05) is 4.90 Å². The normalized spacial score (nSPS) is 22.8. The van der Waals surface area contributed by atoms with Crippen molar-refractivity contribution in [2.75, 3.05) is 13.1 Å². The van der Waals surface area contributed by atoms with Gasteiger partial charge >= 0.3 is 0 Å². The number of nitrogens with zero attached hydrogens (tertiary/aromatic N) is 2. The van der Waals surface area contributed by atoms with Crippen LogP contribution in [0.25, 0.3) is 0 Å². The number of hydrogen-bond acceptors (Lipinski definition) is 3. The van der Waals surface area contributed by atoms with Crippen molar-refractivity contribution in [3.05, 3.63) is 21.4 Å². The first-order valence-electron chi connectivity index (χ1n) is 7.58. The number of thiophene rings is 1. The molecule has 0 bridgehead atoms. The van der Waals surface area contributed by atoms with Crippen LogP contribution in [-0.2, 0) is 12.8 Å². The molecule has 0 spiro atoms. The van der Waals surface area contributed by atoms with Crippen molar-refractivity contribution in [1.29, 1.82) is 5.26 Å². The van der Waals surface area contributed by atoms with E-state index in [1.165, 1.54) is 29.7 Å². The molecular weight excluding hydrogens is 268 g/mol. The van der Waals surface area contributed by atoms with Gasteiger partial charge in [0.25, 0.3) is 5.91 Å². The van der Waals surface area contributed by atoms with Crippen LogP contribution in [0.4, 0.5) is 0 Å². The Morgan fingerprint density at radius 2 is 2.15 bits per heavy atom. The number of carbonyl (C=O) groups excluding carboxylic acids is 1. The van der Waals surface area contributed by atoms with Gasteiger partial charge in [-0.1, -0.05) is 6.42 Å². The molecule has 4 heteroatoms. The number of piperidine rings is 1. The Balaban J connectivity index is 1.75. The second-order valence-corrected chi connectivity index (χ2v) is 6.98. The zero-order valence-electron chi connectivity index (χ0n) is 11.7. The molecule has 1 atom stereocenters. The summed E-state index contributed by atoms with van der Waals surface area (Å²) in [6.07, 6.45) is 7.95. The monoisotopic (exact) mass is 288 g/mol. The van der Waals surface area contributed by atoms with Crippen LogP contribution in [0.5, 0.6) is 0 Å². The van der Waals surface area contributed by atoms with Gasteiger partial charge < -0.3 is 4.90 Å². The number of nitriles is 1. The average molecular weight is 288 g/mol. The molecule has 1 aliphatic carbocycles. The van der Waals surface area contributed by atoms with E-state index in [0.717, 1.165) is 37.1 Å².